The zero-order chi connectivity index (χ0) is 14.0. The van der Waals surface area contributed by atoms with Gasteiger partial charge in [0.15, 0.2) is 0 Å². The molecule has 1 aliphatic heterocycles. The van der Waals surface area contributed by atoms with Crippen molar-refractivity contribution in [3.05, 3.63) is 0 Å². The summed E-state index contributed by atoms with van der Waals surface area (Å²) in [5, 5.41) is 0. The summed E-state index contributed by atoms with van der Waals surface area (Å²) in [5.74, 6) is -0.566. The van der Waals surface area contributed by atoms with Gasteiger partial charge >= 0.3 is 0 Å². The van der Waals surface area contributed by atoms with E-state index in [2.05, 4.69) is 0 Å². The van der Waals surface area contributed by atoms with Gasteiger partial charge in [-0.05, 0) is 33.6 Å². The van der Waals surface area contributed by atoms with Crippen LogP contribution in [0.25, 0.3) is 0 Å². The number of sulfone groups is 1. The van der Waals surface area contributed by atoms with E-state index in [9.17, 15) is 18.0 Å². The van der Waals surface area contributed by atoms with E-state index in [1.165, 1.54) is 6.92 Å². The number of carbonyl (C=O) groups is 2. The van der Waals surface area contributed by atoms with Crippen molar-refractivity contribution in [2.24, 2.45) is 5.41 Å². The van der Waals surface area contributed by atoms with Crippen LogP contribution in [0.4, 0.5) is 0 Å². The van der Waals surface area contributed by atoms with E-state index >= 15 is 0 Å². The van der Waals surface area contributed by atoms with Crippen molar-refractivity contribution in [1.82, 2.24) is 4.90 Å². The summed E-state index contributed by atoms with van der Waals surface area (Å²) >= 11 is 0. The molecular formula is C12H21NO4S. The smallest absolute Gasteiger partial charge is 0.236 e. The predicted molar refractivity (Wildman–Crippen MR) is 68.9 cm³/mol. The lowest BCUT2D eigenvalue weighted by Gasteiger charge is -2.37. The fourth-order valence-electron chi connectivity index (χ4n) is 2.42. The van der Waals surface area contributed by atoms with E-state index in [1.807, 2.05) is 13.8 Å². The van der Waals surface area contributed by atoms with Gasteiger partial charge in [0, 0.05) is 13.1 Å². The molecule has 0 aliphatic carbocycles. The van der Waals surface area contributed by atoms with Gasteiger partial charge < -0.3 is 4.90 Å². The Hall–Kier alpha value is -0.910. The van der Waals surface area contributed by atoms with Crippen molar-refractivity contribution in [2.75, 3.05) is 24.6 Å². The first-order valence-corrected chi connectivity index (χ1v) is 8.12. The van der Waals surface area contributed by atoms with Crippen LogP contribution in [-0.2, 0) is 19.4 Å². The van der Waals surface area contributed by atoms with Crippen molar-refractivity contribution < 1.29 is 18.0 Å². The normalized spacial score (nSPS) is 21.3. The maximum Gasteiger partial charge on any atom is 0.236 e. The highest BCUT2D eigenvalue weighted by Gasteiger charge is 2.48. The molecule has 1 rings (SSSR count). The van der Waals surface area contributed by atoms with Crippen LogP contribution in [0.3, 0.4) is 0 Å². The van der Waals surface area contributed by atoms with Gasteiger partial charge in [0.05, 0.1) is 11.5 Å². The van der Waals surface area contributed by atoms with Gasteiger partial charge in [-0.1, -0.05) is 0 Å². The van der Waals surface area contributed by atoms with E-state index in [0.717, 1.165) is 0 Å². The number of nitrogens with zero attached hydrogens (tertiary/aromatic N) is 1. The predicted octanol–water partition coefficient (Wildman–Crippen LogP) is 0.639. The molecule has 104 valence electrons. The van der Waals surface area contributed by atoms with Crippen molar-refractivity contribution in [3.63, 3.8) is 0 Å². The molecule has 18 heavy (non-hydrogen) atoms. The molecule has 0 atom stereocenters. The number of ketones is 1. The Bertz CT molecular complexity index is 423. The van der Waals surface area contributed by atoms with Crippen LogP contribution in [0.15, 0.2) is 0 Å². The van der Waals surface area contributed by atoms with Gasteiger partial charge in [-0.3, -0.25) is 9.59 Å². The number of rotatable bonds is 4. The Balaban J connectivity index is 3.03. The van der Waals surface area contributed by atoms with Crippen molar-refractivity contribution in [2.45, 2.75) is 33.6 Å². The van der Waals surface area contributed by atoms with Crippen molar-refractivity contribution in [3.8, 4) is 0 Å². The van der Waals surface area contributed by atoms with Crippen LogP contribution in [0.5, 0.6) is 0 Å². The zero-order valence-corrected chi connectivity index (χ0v) is 12.0. The van der Waals surface area contributed by atoms with Crippen LogP contribution >= 0.6 is 0 Å². The molecule has 0 aromatic rings. The van der Waals surface area contributed by atoms with Crippen LogP contribution in [0, 0.1) is 5.41 Å². The Morgan fingerprint density at radius 1 is 1.11 bits per heavy atom. The second kappa shape index (κ2) is 5.38. The SMILES string of the molecule is CCN(CC)C(=O)C1(C(C)=O)CCS(=O)(=O)CC1. The lowest BCUT2D eigenvalue weighted by Crippen LogP contribution is -2.51. The third-order valence-corrected chi connectivity index (χ3v) is 5.47. The molecule has 0 saturated carbocycles. The molecule has 1 fully saturated rings. The molecule has 0 N–H and O–H groups in total. The third kappa shape index (κ3) is 2.74. The summed E-state index contributed by atoms with van der Waals surface area (Å²) in [6, 6.07) is 0. The molecular weight excluding hydrogens is 254 g/mol. The Kier molecular flexibility index (Phi) is 4.53. The molecule has 0 bridgehead atoms. The second-order valence-electron chi connectivity index (χ2n) is 4.77. The summed E-state index contributed by atoms with van der Waals surface area (Å²) in [7, 11) is -3.08. The highest BCUT2D eigenvalue weighted by atomic mass is 32.2. The fraction of sp³-hybridized carbons (Fsp3) is 0.833. The highest BCUT2D eigenvalue weighted by Crippen LogP contribution is 2.35. The van der Waals surface area contributed by atoms with E-state index < -0.39 is 15.3 Å². The van der Waals surface area contributed by atoms with Gasteiger partial charge in [0.2, 0.25) is 5.91 Å². The van der Waals surface area contributed by atoms with E-state index in [-0.39, 0.29) is 36.0 Å². The first kappa shape index (κ1) is 15.1. The summed E-state index contributed by atoms with van der Waals surface area (Å²) < 4.78 is 22.9. The largest absolute Gasteiger partial charge is 0.342 e. The van der Waals surface area contributed by atoms with Crippen molar-refractivity contribution in [1.29, 1.82) is 0 Å². The summed E-state index contributed by atoms with van der Waals surface area (Å²) in [6.07, 6.45) is 0.250. The molecule has 1 amide bonds. The molecule has 6 heteroatoms. The molecule has 5 nitrogen and oxygen atoms in total. The Labute approximate surface area is 108 Å². The van der Waals surface area contributed by atoms with Gasteiger partial charge in [-0.2, -0.15) is 0 Å². The fourth-order valence-corrected chi connectivity index (χ4v) is 3.94. The lowest BCUT2D eigenvalue weighted by molar-refractivity contribution is -0.149. The molecule has 0 aromatic carbocycles. The van der Waals surface area contributed by atoms with E-state index in [1.54, 1.807) is 4.90 Å². The highest BCUT2D eigenvalue weighted by molar-refractivity contribution is 7.91. The quantitative estimate of drug-likeness (QED) is 0.706. The average molecular weight is 275 g/mol. The van der Waals surface area contributed by atoms with Gasteiger partial charge in [-0.15, -0.1) is 0 Å². The minimum absolute atomic E-state index is 0.0699. The topological polar surface area (TPSA) is 71.5 Å². The van der Waals surface area contributed by atoms with E-state index in [0.29, 0.717) is 13.1 Å². The molecule has 1 saturated heterocycles. The molecule has 0 radical (unpaired) electrons. The van der Waals surface area contributed by atoms with Crippen LogP contribution < -0.4 is 0 Å². The van der Waals surface area contributed by atoms with E-state index in [4.69, 9.17) is 0 Å². The molecule has 0 aromatic heterocycles. The number of amides is 1. The molecule has 0 spiro atoms. The third-order valence-electron chi connectivity index (χ3n) is 3.81. The van der Waals surface area contributed by atoms with Crippen LogP contribution in [-0.4, -0.2) is 49.6 Å². The first-order chi connectivity index (χ1) is 8.29. The van der Waals surface area contributed by atoms with Crippen LogP contribution in [0.2, 0.25) is 0 Å². The average Bonchev–Trinajstić information content (AvgIpc) is 2.30. The minimum atomic E-state index is -3.08. The number of hydrogen-bond donors (Lipinski definition) is 0. The molecule has 1 heterocycles. The number of hydrogen-bond acceptors (Lipinski definition) is 4. The summed E-state index contributed by atoms with van der Waals surface area (Å²) in [5.41, 5.74) is -1.11. The molecule has 0 unspecified atom stereocenters. The zero-order valence-electron chi connectivity index (χ0n) is 11.2. The number of carbonyl (C=O) groups excluding carboxylic acids is 2. The minimum Gasteiger partial charge on any atom is -0.342 e. The van der Waals surface area contributed by atoms with Crippen LogP contribution in [0.1, 0.15) is 33.6 Å². The Morgan fingerprint density at radius 3 is 1.89 bits per heavy atom. The second-order valence-corrected chi connectivity index (χ2v) is 7.07. The first-order valence-electron chi connectivity index (χ1n) is 6.30. The summed E-state index contributed by atoms with van der Waals surface area (Å²) in [6.45, 7) is 6.18. The van der Waals surface area contributed by atoms with Gasteiger partial charge in [0.25, 0.3) is 0 Å². The molecule has 1 aliphatic rings. The lowest BCUT2D eigenvalue weighted by atomic mass is 9.77. The maximum absolute atomic E-state index is 12.4. The van der Waals surface area contributed by atoms with Crippen molar-refractivity contribution >= 4 is 21.5 Å². The summed E-state index contributed by atoms with van der Waals surface area (Å²) in [4.78, 5) is 25.9. The number of Topliss-reactive ketones (excluding diaryl/α,β-unsaturated/α-hetero) is 1. The standard InChI is InChI=1S/C12H21NO4S/c1-4-13(5-2)11(15)12(10(3)14)6-8-18(16,17)9-7-12/h4-9H2,1-3H3. The van der Waals surface area contributed by atoms with Gasteiger partial charge in [0.1, 0.15) is 21.0 Å². The van der Waals surface area contributed by atoms with Gasteiger partial charge in [-0.25, -0.2) is 8.42 Å². The monoisotopic (exact) mass is 275 g/mol. The maximum atomic E-state index is 12.4. The Morgan fingerprint density at radius 2 is 1.56 bits per heavy atom.